The summed E-state index contributed by atoms with van der Waals surface area (Å²) in [5.41, 5.74) is 0.637. The van der Waals surface area contributed by atoms with Crippen molar-refractivity contribution in [2.24, 2.45) is 0 Å². The lowest BCUT2D eigenvalue weighted by Gasteiger charge is -2.18. The zero-order valence-electron chi connectivity index (χ0n) is 15.7. The third-order valence-corrected chi connectivity index (χ3v) is 4.58. The first kappa shape index (κ1) is 18.6. The number of hydrogen-bond acceptors (Lipinski definition) is 3. The van der Waals surface area contributed by atoms with Gasteiger partial charge in [0.15, 0.2) is 0 Å². The maximum Gasteiger partial charge on any atom is 0.332 e. The second kappa shape index (κ2) is 7.61. The van der Waals surface area contributed by atoms with Crippen LogP contribution in [0.15, 0.2) is 64.2 Å². The quantitative estimate of drug-likeness (QED) is 0.755. The largest absolute Gasteiger partial charge is 0.348 e. The molecule has 0 saturated carbocycles. The highest BCUT2D eigenvalue weighted by atomic mass is 16.2. The van der Waals surface area contributed by atoms with Crippen LogP contribution in [0.3, 0.4) is 0 Å². The van der Waals surface area contributed by atoms with Gasteiger partial charge in [-0.15, -0.1) is 0 Å². The van der Waals surface area contributed by atoms with Crippen LogP contribution in [0, 0.1) is 0 Å². The molecule has 3 aromatic rings. The van der Waals surface area contributed by atoms with Gasteiger partial charge in [0.1, 0.15) is 6.54 Å². The number of fused-ring (bicyclic) bond motifs is 1. The van der Waals surface area contributed by atoms with Gasteiger partial charge in [0.25, 0.3) is 5.56 Å². The van der Waals surface area contributed by atoms with Crippen LogP contribution in [0.4, 0.5) is 0 Å². The average molecular weight is 365 g/mol. The van der Waals surface area contributed by atoms with Crippen LogP contribution in [-0.4, -0.2) is 15.0 Å². The van der Waals surface area contributed by atoms with E-state index in [1.54, 1.807) is 38.1 Å². The standard InChI is InChI=1S/C21H23N3O3/c1-14(2)24-20(26)17-11-7-8-12-18(17)23(21(24)27)13-19(25)22-15(3)16-9-5-4-6-10-16/h4-12,14-15H,13H2,1-3H3,(H,22,25)/t15-/m1/s1. The highest BCUT2D eigenvalue weighted by Crippen LogP contribution is 2.12. The van der Waals surface area contributed by atoms with Crippen molar-refractivity contribution >= 4 is 16.8 Å². The van der Waals surface area contributed by atoms with Gasteiger partial charge in [-0.1, -0.05) is 42.5 Å². The van der Waals surface area contributed by atoms with E-state index < -0.39 is 5.69 Å². The molecule has 0 unspecified atom stereocenters. The molecule has 0 fully saturated rings. The van der Waals surface area contributed by atoms with Gasteiger partial charge in [0.05, 0.1) is 16.9 Å². The zero-order valence-corrected chi connectivity index (χ0v) is 15.7. The predicted molar refractivity (Wildman–Crippen MR) is 106 cm³/mol. The summed E-state index contributed by atoms with van der Waals surface area (Å²) in [4.78, 5) is 38.1. The second-order valence-corrected chi connectivity index (χ2v) is 6.85. The van der Waals surface area contributed by atoms with E-state index >= 15 is 0 Å². The molecule has 6 heteroatoms. The fourth-order valence-corrected chi connectivity index (χ4v) is 3.20. The second-order valence-electron chi connectivity index (χ2n) is 6.85. The highest BCUT2D eigenvalue weighted by Gasteiger charge is 2.17. The van der Waals surface area contributed by atoms with E-state index in [4.69, 9.17) is 0 Å². The monoisotopic (exact) mass is 365 g/mol. The third-order valence-electron chi connectivity index (χ3n) is 4.58. The van der Waals surface area contributed by atoms with E-state index in [-0.39, 0.29) is 30.1 Å². The Labute approximate surface area is 157 Å². The lowest BCUT2D eigenvalue weighted by atomic mass is 10.1. The number of benzene rings is 2. The lowest BCUT2D eigenvalue weighted by molar-refractivity contribution is -0.122. The molecule has 1 aromatic heterocycles. The number of nitrogens with zero attached hydrogens (tertiary/aromatic N) is 2. The maximum absolute atomic E-state index is 12.9. The molecule has 0 aliphatic carbocycles. The number of carbonyl (C=O) groups is 1. The molecule has 140 valence electrons. The number of para-hydroxylation sites is 1. The van der Waals surface area contributed by atoms with E-state index in [0.29, 0.717) is 10.9 Å². The fraction of sp³-hybridized carbons (Fsp3) is 0.286. The van der Waals surface area contributed by atoms with Crippen LogP contribution in [0.25, 0.3) is 10.9 Å². The highest BCUT2D eigenvalue weighted by molar-refractivity contribution is 5.81. The Bertz CT molecular complexity index is 1080. The number of amides is 1. The molecule has 0 bridgehead atoms. The molecule has 1 heterocycles. The normalized spacial score (nSPS) is 12.3. The van der Waals surface area contributed by atoms with Crippen molar-refractivity contribution in [3.05, 3.63) is 81.0 Å². The molecule has 3 rings (SSSR count). The number of nitrogens with one attached hydrogen (secondary N) is 1. The van der Waals surface area contributed by atoms with E-state index in [2.05, 4.69) is 5.32 Å². The van der Waals surface area contributed by atoms with Crippen LogP contribution in [0.1, 0.15) is 38.4 Å². The van der Waals surface area contributed by atoms with Gasteiger partial charge in [-0.05, 0) is 38.5 Å². The van der Waals surface area contributed by atoms with Crippen molar-refractivity contribution in [1.29, 1.82) is 0 Å². The maximum atomic E-state index is 12.9. The number of aromatic nitrogens is 2. The van der Waals surface area contributed by atoms with Crippen LogP contribution < -0.4 is 16.6 Å². The van der Waals surface area contributed by atoms with Gasteiger partial charge < -0.3 is 5.32 Å². The molecule has 1 atom stereocenters. The topological polar surface area (TPSA) is 73.1 Å². The van der Waals surface area contributed by atoms with Gasteiger partial charge in [-0.25, -0.2) is 4.79 Å². The van der Waals surface area contributed by atoms with E-state index in [1.165, 1.54) is 9.13 Å². The lowest BCUT2D eigenvalue weighted by Crippen LogP contribution is -2.43. The number of rotatable bonds is 5. The summed E-state index contributed by atoms with van der Waals surface area (Å²) in [6, 6.07) is 16.0. The molecule has 2 aromatic carbocycles. The molecule has 6 nitrogen and oxygen atoms in total. The summed E-state index contributed by atoms with van der Waals surface area (Å²) in [5.74, 6) is -0.285. The Morgan fingerprint density at radius 2 is 1.59 bits per heavy atom. The van der Waals surface area contributed by atoms with E-state index in [1.807, 2.05) is 37.3 Å². The first-order chi connectivity index (χ1) is 12.9. The molecule has 0 aliphatic rings. The van der Waals surface area contributed by atoms with E-state index in [9.17, 15) is 14.4 Å². The Balaban J connectivity index is 1.98. The Kier molecular flexibility index (Phi) is 5.26. The fourth-order valence-electron chi connectivity index (χ4n) is 3.20. The molecule has 0 saturated heterocycles. The van der Waals surface area contributed by atoms with Crippen molar-refractivity contribution in [1.82, 2.24) is 14.5 Å². The molecule has 0 aliphatic heterocycles. The van der Waals surface area contributed by atoms with Crippen LogP contribution in [-0.2, 0) is 11.3 Å². The minimum absolute atomic E-state index is 0.149. The SMILES string of the molecule is CC(C)n1c(=O)c2ccccc2n(CC(=O)N[C@H](C)c2ccccc2)c1=O. The van der Waals surface area contributed by atoms with Gasteiger partial charge in [0, 0.05) is 6.04 Å². The average Bonchev–Trinajstić information content (AvgIpc) is 2.65. The summed E-state index contributed by atoms with van der Waals surface area (Å²) >= 11 is 0. The van der Waals surface area contributed by atoms with Crippen LogP contribution >= 0.6 is 0 Å². The van der Waals surface area contributed by atoms with Gasteiger partial charge in [0.2, 0.25) is 5.91 Å². The summed E-state index contributed by atoms with van der Waals surface area (Å²) in [5, 5.41) is 3.34. The summed E-state index contributed by atoms with van der Waals surface area (Å²) in [6.45, 7) is 5.30. The van der Waals surface area contributed by atoms with Crippen molar-refractivity contribution < 1.29 is 4.79 Å². The predicted octanol–water partition coefficient (Wildman–Crippen LogP) is 2.62. The molecule has 1 N–H and O–H groups in total. The number of carbonyl (C=O) groups excluding carboxylic acids is 1. The minimum Gasteiger partial charge on any atom is -0.348 e. The smallest absolute Gasteiger partial charge is 0.332 e. The van der Waals surface area contributed by atoms with Gasteiger partial charge >= 0.3 is 5.69 Å². The van der Waals surface area contributed by atoms with Crippen molar-refractivity contribution in [2.75, 3.05) is 0 Å². The molecule has 27 heavy (non-hydrogen) atoms. The molecular formula is C21H23N3O3. The van der Waals surface area contributed by atoms with Crippen LogP contribution in [0.5, 0.6) is 0 Å². The molecule has 0 spiro atoms. The first-order valence-corrected chi connectivity index (χ1v) is 8.98. The van der Waals surface area contributed by atoms with Crippen molar-refractivity contribution in [3.8, 4) is 0 Å². The summed E-state index contributed by atoms with van der Waals surface area (Å²) < 4.78 is 2.56. The van der Waals surface area contributed by atoms with Gasteiger partial charge in [-0.2, -0.15) is 0 Å². The Morgan fingerprint density at radius 1 is 0.963 bits per heavy atom. The molecule has 0 radical (unpaired) electrons. The molecular weight excluding hydrogens is 342 g/mol. The summed E-state index contributed by atoms with van der Waals surface area (Å²) in [6.07, 6.45) is 0. The third kappa shape index (κ3) is 3.69. The van der Waals surface area contributed by atoms with Crippen molar-refractivity contribution in [3.63, 3.8) is 0 Å². The Hall–Kier alpha value is -3.15. The van der Waals surface area contributed by atoms with Gasteiger partial charge in [-0.3, -0.25) is 18.7 Å². The number of hydrogen-bond donors (Lipinski definition) is 1. The first-order valence-electron chi connectivity index (χ1n) is 8.98. The van der Waals surface area contributed by atoms with Crippen LogP contribution in [0.2, 0.25) is 0 Å². The van der Waals surface area contributed by atoms with Crippen molar-refractivity contribution in [2.45, 2.75) is 39.4 Å². The molecule has 1 amide bonds. The zero-order chi connectivity index (χ0) is 19.6. The minimum atomic E-state index is -0.476. The summed E-state index contributed by atoms with van der Waals surface area (Å²) in [7, 11) is 0. The van der Waals surface area contributed by atoms with E-state index in [0.717, 1.165) is 5.56 Å². The Morgan fingerprint density at radius 3 is 2.26 bits per heavy atom.